The van der Waals surface area contributed by atoms with E-state index in [0.717, 1.165) is 19.3 Å². The highest BCUT2D eigenvalue weighted by Crippen LogP contribution is 2.15. The molecule has 0 radical (unpaired) electrons. The van der Waals surface area contributed by atoms with Crippen molar-refractivity contribution in [1.82, 2.24) is 0 Å². The third-order valence-corrected chi connectivity index (χ3v) is 4.13. The summed E-state index contributed by atoms with van der Waals surface area (Å²) in [5.74, 6) is -2.70. The molecule has 0 spiro atoms. The quantitative estimate of drug-likeness (QED) is 0.264. The molecule has 0 heterocycles. The number of aliphatic carboxylic acids is 1. The third-order valence-electron chi connectivity index (χ3n) is 4.13. The van der Waals surface area contributed by atoms with Crippen LogP contribution in [0, 0.1) is 5.92 Å². The Balaban J connectivity index is 3.39. The Morgan fingerprint density at radius 1 is 0.818 bits per heavy atom. The number of hydrogen-bond donors (Lipinski definition) is 1. The highest BCUT2D eigenvalue weighted by atomic mass is 16.5. The summed E-state index contributed by atoms with van der Waals surface area (Å²) in [6, 6.07) is 0. The Morgan fingerprint density at radius 3 is 1.59 bits per heavy atom. The highest BCUT2D eigenvalue weighted by Gasteiger charge is 2.26. The fraction of sp³-hybridized carbons (Fsp3) is 0.889. The molecule has 0 aromatic rings. The minimum atomic E-state index is -1.07. The SMILES string of the molecule is CCCCCCCCCCCCCC[C@H](C(=O)O)C(=O)OC. The number of unbranched alkanes of at least 4 members (excludes halogenated alkanes) is 11. The summed E-state index contributed by atoms with van der Waals surface area (Å²) >= 11 is 0. The normalized spacial score (nSPS) is 12.1. The van der Waals surface area contributed by atoms with Crippen LogP contribution in [-0.4, -0.2) is 24.2 Å². The molecule has 0 rings (SSSR count). The van der Waals surface area contributed by atoms with Crippen molar-refractivity contribution >= 4 is 11.9 Å². The van der Waals surface area contributed by atoms with Gasteiger partial charge in [0.25, 0.3) is 0 Å². The van der Waals surface area contributed by atoms with Crippen molar-refractivity contribution in [3.63, 3.8) is 0 Å². The lowest BCUT2D eigenvalue weighted by Gasteiger charge is -2.09. The number of carbonyl (C=O) groups excluding carboxylic acids is 1. The fourth-order valence-corrected chi connectivity index (χ4v) is 2.67. The second-order valence-corrected chi connectivity index (χ2v) is 6.09. The van der Waals surface area contributed by atoms with Gasteiger partial charge in [-0.3, -0.25) is 9.59 Å². The van der Waals surface area contributed by atoms with Gasteiger partial charge in [-0.1, -0.05) is 84.0 Å². The monoisotopic (exact) mass is 314 g/mol. The van der Waals surface area contributed by atoms with Gasteiger partial charge in [0.1, 0.15) is 0 Å². The molecule has 0 fully saturated rings. The molecule has 0 amide bonds. The summed E-state index contributed by atoms with van der Waals surface area (Å²) in [7, 11) is 1.24. The smallest absolute Gasteiger partial charge is 0.320 e. The number of carboxylic acid groups (broad SMARTS) is 1. The van der Waals surface area contributed by atoms with Gasteiger partial charge in [-0.15, -0.1) is 0 Å². The van der Waals surface area contributed by atoms with E-state index in [1.807, 2.05) is 0 Å². The lowest BCUT2D eigenvalue weighted by Crippen LogP contribution is -2.24. The number of hydrogen-bond acceptors (Lipinski definition) is 3. The maximum absolute atomic E-state index is 11.3. The van der Waals surface area contributed by atoms with Gasteiger partial charge in [0.15, 0.2) is 5.92 Å². The van der Waals surface area contributed by atoms with Crippen molar-refractivity contribution in [3.05, 3.63) is 0 Å². The summed E-state index contributed by atoms with van der Waals surface area (Å²) < 4.78 is 4.51. The van der Waals surface area contributed by atoms with E-state index >= 15 is 0 Å². The molecular weight excluding hydrogens is 280 g/mol. The number of methoxy groups -OCH3 is 1. The van der Waals surface area contributed by atoms with Crippen molar-refractivity contribution in [2.24, 2.45) is 5.92 Å². The van der Waals surface area contributed by atoms with E-state index in [1.54, 1.807) is 0 Å². The second-order valence-electron chi connectivity index (χ2n) is 6.09. The van der Waals surface area contributed by atoms with Gasteiger partial charge in [0.05, 0.1) is 7.11 Å². The number of carbonyl (C=O) groups is 2. The van der Waals surface area contributed by atoms with Crippen LogP contribution in [0.3, 0.4) is 0 Å². The molecule has 4 nitrogen and oxygen atoms in total. The van der Waals surface area contributed by atoms with Crippen molar-refractivity contribution < 1.29 is 19.4 Å². The highest BCUT2D eigenvalue weighted by molar-refractivity contribution is 5.93. The Hall–Kier alpha value is -1.06. The van der Waals surface area contributed by atoms with Crippen molar-refractivity contribution in [2.75, 3.05) is 7.11 Å². The van der Waals surface area contributed by atoms with E-state index in [0.29, 0.717) is 6.42 Å². The number of esters is 1. The molecule has 0 aliphatic carbocycles. The molecule has 0 aliphatic rings. The third kappa shape index (κ3) is 11.6. The maximum atomic E-state index is 11.3. The van der Waals surface area contributed by atoms with Gasteiger partial charge < -0.3 is 9.84 Å². The molecule has 0 aliphatic heterocycles. The lowest BCUT2D eigenvalue weighted by atomic mass is 10.00. The van der Waals surface area contributed by atoms with E-state index in [4.69, 9.17) is 5.11 Å². The summed E-state index contributed by atoms with van der Waals surface area (Å²) in [6.45, 7) is 2.24. The molecule has 22 heavy (non-hydrogen) atoms. The predicted molar refractivity (Wildman–Crippen MR) is 88.8 cm³/mol. The number of ether oxygens (including phenoxy) is 1. The molecule has 4 heteroatoms. The van der Waals surface area contributed by atoms with Gasteiger partial charge in [-0.2, -0.15) is 0 Å². The van der Waals surface area contributed by atoms with Gasteiger partial charge in [-0.05, 0) is 6.42 Å². The molecule has 130 valence electrons. The summed E-state index contributed by atoms with van der Waals surface area (Å²) in [4.78, 5) is 22.2. The summed E-state index contributed by atoms with van der Waals surface area (Å²) in [6.07, 6.45) is 15.2. The molecule has 0 saturated carbocycles. The first-order chi connectivity index (χ1) is 10.6. The Bertz CT molecular complexity index is 289. The van der Waals surface area contributed by atoms with Crippen LogP contribution >= 0.6 is 0 Å². The second kappa shape index (κ2) is 14.9. The van der Waals surface area contributed by atoms with Crippen LogP contribution in [0.15, 0.2) is 0 Å². The minimum Gasteiger partial charge on any atom is -0.481 e. The largest absolute Gasteiger partial charge is 0.481 e. The van der Waals surface area contributed by atoms with Crippen LogP contribution < -0.4 is 0 Å². The average molecular weight is 314 g/mol. The standard InChI is InChI=1S/C18H34O4/c1-3-4-5-6-7-8-9-10-11-12-13-14-15-16(17(19)20)18(21)22-2/h16H,3-15H2,1-2H3,(H,19,20)/t16-/m1/s1. The zero-order valence-corrected chi connectivity index (χ0v) is 14.4. The molecule has 0 bridgehead atoms. The van der Waals surface area contributed by atoms with Gasteiger partial charge >= 0.3 is 11.9 Å². The molecule has 0 saturated heterocycles. The number of carboxylic acids is 1. The fourth-order valence-electron chi connectivity index (χ4n) is 2.67. The summed E-state index contributed by atoms with van der Waals surface area (Å²) in [5, 5.41) is 8.95. The molecule has 0 unspecified atom stereocenters. The first kappa shape index (κ1) is 20.9. The van der Waals surface area contributed by atoms with Crippen LogP contribution in [0.4, 0.5) is 0 Å². The van der Waals surface area contributed by atoms with Gasteiger partial charge in [0.2, 0.25) is 0 Å². The predicted octanol–water partition coefficient (Wildman–Crippen LogP) is 4.95. The lowest BCUT2D eigenvalue weighted by molar-refractivity contribution is -0.157. The van der Waals surface area contributed by atoms with E-state index < -0.39 is 17.9 Å². The van der Waals surface area contributed by atoms with E-state index in [9.17, 15) is 9.59 Å². The van der Waals surface area contributed by atoms with E-state index in [-0.39, 0.29) is 0 Å². The Labute approximate surface area is 135 Å². The zero-order chi connectivity index (χ0) is 16.6. The topological polar surface area (TPSA) is 63.6 Å². The van der Waals surface area contributed by atoms with Crippen molar-refractivity contribution in [2.45, 2.75) is 90.4 Å². The van der Waals surface area contributed by atoms with Crippen LogP contribution in [0.1, 0.15) is 90.4 Å². The van der Waals surface area contributed by atoms with E-state index in [2.05, 4.69) is 11.7 Å². The molecule has 1 N–H and O–H groups in total. The first-order valence-electron chi connectivity index (χ1n) is 8.94. The zero-order valence-electron chi connectivity index (χ0n) is 14.4. The Kier molecular flexibility index (Phi) is 14.1. The first-order valence-corrected chi connectivity index (χ1v) is 8.94. The van der Waals surface area contributed by atoms with Crippen LogP contribution in [0.25, 0.3) is 0 Å². The summed E-state index contributed by atoms with van der Waals surface area (Å²) in [5.41, 5.74) is 0. The van der Waals surface area contributed by atoms with Gasteiger partial charge in [0, 0.05) is 0 Å². The minimum absolute atomic E-state index is 0.388. The van der Waals surface area contributed by atoms with Crippen LogP contribution in [0.2, 0.25) is 0 Å². The number of rotatable bonds is 15. The molecule has 1 atom stereocenters. The van der Waals surface area contributed by atoms with Crippen LogP contribution in [0.5, 0.6) is 0 Å². The molecule has 0 aromatic heterocycles. The molecular formula is C18H34O4. The Morgan fingerprint density at radius 2 is 1.23 bits per heavy atom. The van der Waals surface area contributed by atoms with E-state index in [1.165, 1.54) is 64.9 Å². The van der Waals surface area contributed by atoms with Gasteiger partial charge in [-0.25, -0.2) is 0 Å². The van der Waals surface area contributed by atoms with Crippen molar-refractivity contribution in [3.8, 4) is 0 Å². The van der Waals surface area contributed by atoms with Crippen LogP contribution in [-0.2, 0) is 14.3 Å². The molecule has 0 aromatic carbocycles. The average Bonchev–Trinajstić information content (AvgIpc) is 2.51. The van der Waals surface area contributed by atoms with Crippen molar-refractivity contribution in [1.29, 1.82) is 0 Å². The maximum Gasteiger partial charge on any atom is 0.320 e.